The van der Waals surface area contributed by atoms with E-state index in [0.29, 0.717) is 54.0 Å². The number of halogens is 3. The molecule has 0 radical (unpaired) electrons. The van der Waals surface area contributed by atoms with Gasteiger partial charge in [0, 0.05) is 66.7 Å². The molecule has 4 aromatic rings. The summed E-state index contributed by atoms with van der Waals surface area (Å²) in [6.45, 7) is 2.03. The van der Waals surface area contributed by atoms with E-state index in [1.165, 1.54) is 61.0 Å². The van der Waals surface area contributed by atoms with Crippen LogP contribution >= 0.6 is 22.9 Å². The second kappa shape index (κ2) is 14.0. The average molecular weight is 736 g/mol. The summed E-state index contributed by atoms with van der Waals surface area (Å²) in [6, 6.07) is 9.08. The summed E-state index contributed by atoms with van der Waals surface area (Å²) in [5.74, 6) is -2.95. The van der Waals surface area contributed by atoms with Crippen LogP contribution in [0, 0.1) is 11.6 Å². The number of methoxy groups -OCH3 is 1. The van der Waals surface area contributed by atoms with Gasteiger partial charge < -0.3 is 24.8 Å². The van der Waals surface area contributed by atoms with Crippen molar-refractivity contribution in [1.82, 2.24) is 25.1 Å². The number of carbonyl (C=O) groups is 3. The fraction of sp³-hybridized carbons (Fsp3) is 0.235. The molecule has 262 valence electrons. The summed E-state index contributed by atoms with van der Waals surface area (Å²) in [6.07, 6.45) is 3.09. The van der Waals surface area contributed by atoms with Gasteiger partial charge >= 0.3 is 18.0 Å². The number of piperazine rings is 1. The van der Waals surface area contributed by atoms with E-state index in [-0.39, 0.29) is 46.4 Å². The lowest BCUT2D eigenvalue weighted by atomic mass is 9.95. The van der Waals surface area contributed by atoms with Gasteiger partial charge in [-0.05, 0) is 36.4 Å². The van der Waals surface area contributed by atoms with E-state index in [2.05, 4.69) is 20.2 Å². The minimum atomic E-state index is -1.26. The molecule has 3 aliphatic heterocycles. The number of aliphatic imine (C=N–C) groups is 1. The highest BCUT2D eigenvalue weighted by molar-refractivity contribution is 7.11. The first-order valence-electron chi connectivity index (χ1n) is 15.6. The van der Waals surface area contributed by atoms with Crippen molar-refractivity contribution in [2.45, 2.75) is 12.1 Å². The van der Waals surface area contributed by atoms with Gasteiger partial charge in [-0.1, -0.05) is 17.7 Å². The summed E-state index contributed by atoms with van der Waals surface area (Å²) in [5.41, 5.74) is 1.48. The molecule has 3 aliphatic rings. The van der Waals surface area contributed by atoms with Crippen molar-refractivity contribution >= 4 is 52.4 Å². The number of anilines is 1. The molecule has 2 fully saturated rings. The summed E-state index contributed by atoms with van der Waals surface area (Å²) < 4.78 is 39.1. The van der Waals surface area contributed by atoms with E-state index < -0.39 is 29.6 Å². The molecule has 2 aromatic carbocycles. The van der Waals surface area contributed by atoms with Crippen LogP contribution in [0.4, 0.5) is 19.3 Å². The van der Waals surface area contributed by atoms with Crippen LogP contribution in [0.25, 0.3) is 0 Å². The first kappa shape index (κ1) is 34.0. The van der Waals surface area contributed by atoms with E-state index >= 15 is 0 Å². The molecule has 2 amide bonds. The van der Waals surface area contributed by atoms with Crippen molar-refractivity contribution in [3.8, 4) is 11.6 Å². The summed E-state index contributed by atoms with van der Waals surface area (Å²) >= 11 is 7.84. The van der Waals surface area contributed by atoms with Crippen LogP contribution < -0.4 is 15.0 Å². The molecule has 51 heavy (non-hydrogen) atoms. The number of rotatable bonds is 9. The number of urea groups is 1. The number of ether oxygens (including phenoxy) is 2. The number of fused-ring (bicyclic) bond motifs is 1. The maximum atomic E-state index is 14.4. The topological polar surface area (TPSA) is 150 Å². The van der Waals surface area contributed by atoms with Gasteiger partial charge in [-0.15, -0.1) is 11.3 Å². The molecule has 2 N–H and O–H groups in total. The zero-order chi connectivity index (χ0) is 35.8. The SMILES string of the molecule is COC(=O)C1=C(CN2CCN3C(=O)N(c4ccc(Oc5ccc(C(=O)O)cc5F)nc4)C[C@@H]3C2)NC(c2nccs2)=N[C@H]1c1ccc(F)cc1Cl. The summed E-state index contributed by atoms with van der Waals surface area (Å²) in [5, 5.41) is 14.9. The van der Waals surface area contributed by atoms with Crippen LogP contribution in [-0.2, 0) is 9.53 Å². The van der Waals surface area contributed by atoms with Crippen molar-refractivity contribution in [2.24, 2.45) is 4.99 Å². The molecule has 7 rings (SSSR count). The number of amidine groups is 1. The molecule has 0 spiro atoms. The Kier molecular flexibility index (Phi) is 9.37. The lowest BCUT2D eigenvalue weighted by Gasteiger charge is -2.38. The zero-order valence-electron chi connectivity index (χ0n) is 26.8. The van der Waals surface area contributed by atoms with Crippen LogP contribution in [0.5, 0.6) is 11.6 Å². The third-order valence-electron chi connectivity index (χ3n) is 8.67. The number of nitrogens with zero attached hydrogens (tertiary/aromatic N) is 6. The number of nitrogens with one attached hydrogen (secondary N) is 1. The number of amides is 2. The second-order valence-electron chi connectivity index (χ2n) is 11.8. The molecule has 2 saturated heterocycles. The fourth-order valence-electron chi connectivity index (χ4n) is 6.24. The van der Waals surface area contributed by atoms with Crippen LogP contribution in [0.15, 0.2) is 82.6 Å². The van der Waals surface area contributed by atoms with Gasteiger partial charge in [0.1, 0.15) is 11.9 Å². The molecule has 5 heterocycles. The van der Waals surface area contributed by atoms with E-state index in [4.69, 9.17) is 31.2 Å². The van der Waals surface area contributed by atoms with Crippen LogP contribution in [-0.4, -0.2) is 94.6 Å². The molecule has 17 heteroatoms. The Balaban J connectivity index is 1.09. The Labute approximate surface area is 298 Å². The molecular formula is C34H28ClF2N7O6S. The van der Waals surface area contributed by atoms with Gasteiger partial charge in [-0.3, -0.25) is 14.8 Å². The number of pyridine rings is 1. The highest BCUT2D eigenvalue weighted by atomic mass is 35.5. The van der Waals surface area contributed by atoms with Gasteiger partial charge in [-0.2, -0.15) is 0 Å². The molecule has 0 aliphatic carbocycles. The van der Waals surface area contributed by atoms with Crippen LogP contribution in [0.3, 0.4) is 0 Å². The summed E-state index contributed by atoms with van der Waals surface area (Å²) in [4.78, 5) is 56.8. The third-order valence-corrected chi connectivity index (χ3v) is 9.77. The van der Waals surface area contributed by atoms with Gasteiger partial charge in [0.25, 0.3) is 0 Å². The van der Waals surface area contributed by atoms with Crippen LogP contribution in [0.2, 0.25) is 5.02 Å². The van der Waals surface area contributed by atoms with E-state index in [0.717, 1.165) is 6.07 Å². The predicted octanol–water partition coefficient (Wildman–Crippen LogP) is 5.10. The molecule has 0 saturated carbocycles. The Morgan fingerprint density at radius 3 is 2.63 bits per heavy atom. The zero-order valence-corrected chi connectivity index (χ0v) is 28.3. The van der Waals surface area contributed by atoms with E-state index in [1.54, 1.807) is 27.4 Å². The minimum Gasteiger partial charge on any atom is -0.478 e. The number of carbonyl (C=O) groups excluding carboxylic acids is 2. The van der Waals surface area contributed by atoms with Crippen molar-refractivity contribution in [3.05, 3.63) is 110 Å². The lowest BCUT2D eigenvalue weighted by Crippen LogP contribution is -2.53. The van der Waals surface area contributed by atoms with Crippen molar-refractivity contribution < 1.29 is 37.7 Å². The number of aromatic nitrogens is 2. The number of thiazole rings is 1. The second-order valence-corrected chi connectivity index (χ2v) is 13.1. The van der Waals surface area contributed by atoms with Crippen molar-refractivity contribution in [3.63, 3.8) is 0 Å². The first-order chi connectivity index (χ1) is 24.6. The van der Waals surface area contributed by atoms with Gasteiger partial charge in [0.2, 0.25) is 5.88 Å². The third kappa shape index (κ3) is 6.85. The minimum absolute atomic E-state index is 0.0619. The number of aromatic carboxylic acids is 1. The van der Waals surface area contributed by atoms with Crippen molar-refractivity contribution in [2.75, 3.05) is 44.7 Å². The van der Waals surface area contributed by atoms with Crippen molar-refractivity contribution in [1.29, 1.82) is 0 Å². The molecule has 2 atom stereocenters. The van der Waals surface area contributed by atoms with Gasteiger partial charge in [0.15, 0.2) is 22.4 Å². The number of esters is 1. The molecule has 2 aromatic heterocycles. The smallest absolute Gasteiger partial charge is 0.338 e. The fourth-order valence-corrected chi connectivity index (χ4v) is 7.10. The highest BCUT2D eigenvalue weighted by Crippen LogP contribution is 2.37. The Morgan fingerprint density at radius 2 is 1.94 bits per heavy atom. The van der Waals surface area contributed by atoms with Gasteiger partial charge in [-0.25, -0.2) is 33.1 Å². The number of carboxylic acid groups (broad SMARTS) is 1. The van der Waals surface area contributed by atoms with Crippen LogP contribution in [0.1, 0.15) is 27.0 Å². The highest BCUT2D eigenvalue weighted by Gasteiger charge is 2.42. The van der Waals surface area contributed by atoms with E-state index in [1.807, 2.05) is 0 Å². The first-order valence-corrected chi connectivity index (χ1v) is 16.8. The standard InChI is InChI=1S/C34H28ClF2N7O6S/c1-49-33(47)28-25(40-30(31-38-8-11-51-31)41-29(28)22-5-3-19(36)13-23(22)35)17-42-9-10-43-21(15-42)16-44(34(43)48)20-4-7-27(39-14-20)50-26-6-2-18(32(45)46)12-24(26)37/h2-8,11-14,21,29H,9-10,15-17H2,1H3,(H,40,41)(H,45,46)/t21-,29-/m0/s1. The maximum absolute atomic E-state index is 14.4. The molecule has 0 unspecified atom stereocenters. The predicted molar refractivity (Wildman–Crippen MR) is 182 cm³/mol. The Hall–Kier alpha value is -5.45. The molecule has 13 nitrogen and oxygen atoms in total. The number of hydrogen-bond donors (Lipinski definition) is 2. The maximum Gasteiger partial charge on any atom is 0.338 e. The Bertz CT molecular complexity index is 2080. The monoisotopic (exact) mass is 735 g/mol. The van der Waals surface area contributed by atoms with Gasteiger partial charge in [0.05, 0.1) is 36.2 Å². The number of benzene rings is 2. The Morgan fingerprint density at radius 1 is 1.10 bits per heavy atom. The average Bonchev–Trinajstić information content (AvgIpc) is 3.77. The molecular weight excluding hydrogens is 708 g/mol. The largest absolute Gasteiger partial charge is 0.478 e. The number of carboxylic acids is 1. The lowest BCUT2D eigenvalue weighted by molar-refractivity contribution is -0.136. The normalized spacial score (nSPS) is 19.1. The summed E-state index contributed by atoms with van der Waals surface area (Å²) in [7, 11) is 1.28. The van der Waals surface area contributed by atoms with E-state index in [9.17, 15) is 23.2 Å². The quantitative estimate of drug-likeness (QED) is 0.222. The number of hydrogen-bond acceptors (Lipinski definition) is 11. The molecule has 0 bridgehead atoms.